The minimum Gasteiger partial charge on any atom is -0.353 e. The normalized spacial score (nSPS) is 13.6. The van der Waals surface area contributed by atoms with Crippen LogP contribution in [0.15, 0.2) is 78.9 Å². The fourth-order valence-electron chi connectivity index (χ4n) is 4.76. The quantitative estimate of drug-likeness (QED) is 0.375. The average Bonchev–Trinajstić information content (AvgIpc) is 2.90. The molecule has 2 heterocycles. The van der Waals surface area contributed by atoms with E-state index in [-0.39, 0.29) is 5.91 Å². The number of anilines is 1. The van der Waals surface area contributed by atoms with Crippen LogP contribution in [0.1, 0.15) is 38.3 Å². The summed E-state index contributed by atoms with van der Waals surface area (Å²) in [5.41, 5.74) is 7.51. The molecule has 5 nitrogen and oxygen atoms in total. The molecule has 0 spiro atoms. The summed E-state index contributed by atoms with van der Waals surface area (Å²) in [6, 6.07) is 26.7. The van der Waals surface area contributed by atoms with E-state index in [1.54, 1.807) is 0 Å². The van der Waals surface area contributed by atoms with Gasteiger partial charge in [0.05, 0.1) is 0 Å². The summed E-state index contributed by atoms with van der Waals surface area (Å²) in [5, 5.41) is 0. The first-order chi connectivity index (χ1) is 17.5. The Morgan fingerprint density at radius 2 is 1.50 bits per heavy atom. The van der Waals surface area contributed by atoms with Gasteiger partial charge in [0.1, 0.15) is 5.82 Å². The van der Waals surface area contributed by atoms with Gasteiger partial charge in [-0.3, -0.25) is 4.79 Å². The van der Waals surface area contributed by atoms with Crippen LogP contribution >= 0.6 is 0 Å². The molecule has 1 fully saturated rings. The molecule has 1 amide bonds. The molecule has 1 aliphatic heterocycles. The molecule has 182 valence electrons. The number of carbonyl (C=O) groups excluding carboxylic acids is 1. The summed E-state index contributed by atoms with van der Waals surface area (Å²) in [4.78, 5) is 27.4. The molecule has 0 atom stereocenters. The van der Waals surface area contributed by atoms with Crippen molar-refractivity contribution in [1.82, 2.24) is 14.9 Å². The van der Waals surface area contributed by atoms with Crippen LogP contribution in [0.2, 0.25) is 0 Å². The van der Waals surface area contributed by atoms with Crippen molar-refractivity contribution in [3.05, 3.63) is 112 Å². The maximum absolute atomic E-state index is 13.1. The van der Waals surface area contributed by atoms with E-state index in [2.05, 4.69) is 67.3 Å². The molecule has 0 bridgehead atoms. The van der Waals surface area contributed by atoms with E-state index in [0.29, 0.717) is 13.1 Å². The topological polar surface area (TPSA) is 49.3 Å². The van der Waals surface area contributed by atoms with Crippen molar-refractivity contribution >= 4 is 11.7 Å². The summed E-state index contributed by atoms with van der Waals surface area (Å²) in [7, 11) is 0. The third kappa shape index (κ3) is 5.15. The van der Waals surface area contributed by atoms with Crippen LogP contribution in [0, 0.1) is 20.8 Å². The zero-order chi connectivity index (χ0) is 25.1. The average molecular weight is 477 g/mol. The van der Waals surface area contributed by atoms with Gasteiger partial charge >= 0.3 is 0 Å². The predicted molar refractivity (Wildman–Crippen MR) is 145 cm³/mol. The second-order valence-electron chi connectivity index (χ2n) is 9.61. The molecule has 0 saturated carbocycles. The number of piperazine rings is 1. The van der Waals surface area contributed by atoms with Gasteiger partial charge in [-0.2, -0.15) is 0 Å². The van der Waals surface area contributed by atoms with Gasteiger partial charge in [-0.15, -0.1) is 0 Å². The second kappa shape index (κ2) is 10.3. The largest absolute Gasteiger partial charge is 0.353 e. The number of rotatable bonds is 5. The number of carbonyl (C=O) groups is 1. The van der Waals surface area contributed by atoms with Gasteiger partial charge in [-0.05, 0) is 44.5 Å². The lowest BCUT2D eigenvalue weighted by Crippen LogP contribution is -2.49. The number of hydrogen-bond acceptors (Lipinski definition) is 4. The third-order valence-electron chi connectivity index (χ3n) is 6.86. The SMILES string of the molecule is Cc1ccc(C(=O)N2CCN(c3nc(-c4cccc(C)c4)nc(C)c3Cc3ccccc3)CC2)cc1. The van der Waals surface area contributed by atoms with Crippen LogP contribution in [-0.4, -0.2) is 47.0 Å². The van der Waals surface area contributed by atoms with E-state index in [1.807, 2.05) is 42.2 Å². The maximum atomic E-state index is 13.1. The van der Waals surface area contributed by atoms with E-state index in [4.69, 9.17) is 9.97 Å². The lowest BCUT2D eigenvalue weighted by molar-refractivity contribution is 0.0746. The van der Waals surface area contributed by atoms with Crippen molar-refractivity contribution in [2.24, 2.45) is 0 Å². The van der Waals surface area contributed by atoms with Crippen LogP contribution < -0.4 is 4.90 Å². The van der Waals surface area contributed by atoms with Gasteiger partial charge in [0, 0.05) is 55.0 Å². The summed E-state index contributed by atoms with van der Waals surface area (Å²) in [5.74, 6) is 1.82. The Kier molecular flexibility index (Phi) is 6.81. The Morgan fingerprint density at radius 3 is 2.19 bits per heavy atom. The Bertz CT molecular complexity index is 1360. The van der Waals surface area contributed by atoms with Gasteiger partial charge in [-0.25, -0.2) is 9.97 Å². The highest BCUT2D eigenvalue weighted by molar-refractivity contribution is 5.94. The van der Waals surface area contributed by atoms with Crippen molar-refractivity contribution in [2.45, 2.75) is 27.2 Å². The maximum Gasteiger partial charge on any atom is 0.253 e. The van der Waals surface area contributed by atoms with E-state index in [9.17, 15) is 4.79 Å². The molecule has 1 aromatic heterocycles. The van der Waals surface area contributed by atoms with E-state index < -0.39 is 0 Å². The summed E-state index contributed by atoms with van der Waals surface area (Å²) >= 11 is 0. The zero-order valence-corrected chi connectivity index (χ0v) is 21.2. The molecule has 36 heavy (non-hydrogen) atoms. The lowest BCUT2D eigenvalue weighted by Gasteiger charge is -2.36. The first kappa shape index (κ1) is 23.7. The first-order valence-electron chi connectivity index (χ1n) is 12.6. The standard InChI is InChI=1S/C31H32N4O/c1-22-12-14-26(15-13-22)31(36)35-18-16-34(17-19-35)30-28(21-25-9-5-4-6-10-25)24(3)32-29(33-30)27-11-7-8-23(2)20-27/h4-15,20H,16-19,21H2,1-3H3. The van der Waals surface area contributed by atoms with E-state index in [1.165, 1.54) is 11.1 Å². The molecular weight excluding hydrogens is 444 g/mol. The molecule has 5 rings (SSSR count). The summed E-state index contributed by atoms with van der Waals surface area (Å²) < 4.78 is 0. The molecule has 3 aromatic carbocycles. The van der Waals surface area contributed by atoms with E-state index in [0.717, 1.165) is 59.1 Å². The highest BCUT2D eigenvalue weighted by Gasteiger charge is 2.26. The van der Waals surface area contributed by atoms with Crippen molar-refractivity contribution in [1.29, 1.82) is 0 Å². The number of aromatic nitrogens is 2. The number of amides is 1. The van der Waals surface area contributed by atoms with Gasteiger partial charge < -0.3 is 9.80 Å². The van der Waals surface area contributed by atoms with Crippen molar-refractivity contribution in [2.75, 3.05) is 31.1 Å². The molecule has 1 aliphatic rings. The zero-order valence-electron chi connectivity index (χ0n) is 21.2. The minimum absolute atomic E-state index is 0.0958. The van der Waals surface area contributed by atoms with Crippen LogP contribution in [0.25, 0.3) is 11.4 Å². The molecular formula is C31H32N4O. The van der Waals surface area contributed by atoms with Gasteiger partial charge in [0.15, 0.2) is 5.82 Å². The fourth-order valence-corrected chi connectivity index (χ4v) is 4.76. The number of nitrogens with zero attached hydrogens (tertiary/aromatic N) is 4. The smallest absolute Gasteiger partial charge is 0.253 e. The fraction of sp³-hybridized carbons (Fsp3) is 0.258. The van der Waals surface area contributed by atoms with Crippen LogP contribution in [0.5, 0.6) is 0 Å². The van der Waals surface area contributed by atoms with Gasteiger partial charge in [0.2, 0.25) is 0 Å². The van der Waals surface area contributed by atoms with Crippen LogP contribution in [0.4, 0.5) is 5.82 Å². The Labute approximate surface area is 213 Å². The monoisotopic (exact) mass is 476 g/mol. The Balaban J connectivity index is 1.44. The molecule has 4 aromatic rings. The number of aryl methyl sites for hydroxylation is 3. The van der Waals surface area contributed by atoms with E-state index >= 15 is 0 Å². The highest BCUT2D eigenvalue weighted by Crippen LogP contribution is 2.29. The Hall–Kier alpha value is -3.99. The Morgan fingerprint density at radius 1 is 0.778 bits per heavy atom. The predicted octanol–water partition coefficient (Wildman–Crippen LogP) is 5.62. The number of hydrogen-bond donors (Lipinski definition) is 0. The number of benzene rings is 3. The first-order valence-corrected chi connectivity index (χ1v) is 12.6. The van der Waals surface area contributed by atoms with Crippen molar-refractivity contribution in [3.63, 3.8) is 0 Å². The molecule has 0 radical (unpaired) electrons. The van der Waals surface area contributed by atoms with Crippen molar-refractivity contribution < 1.29 is 4.79 Å². The van der Waals surface area contributed by atoms with Gasteiger partial charge in [-0.1, -0.05) is 71.8 Å². The van der Waals surface area contributed by atoms with Gasteiger partial charge in [0.25, 0.3) is 5.91 Å². The summed E-state index contributed by atoms with van der Waals surface area (Å²) in [6.07, 6.45) is 0.776. The molecule has 0 unspecified atom stereocenters. The molecule has 1 saturated heterocycles. The van der Waals surface area contributed by atoms with Crippen LogP contribution in [-0.2, 0) is 6.42 Å². The molecule has 5 heteroatoms. The summed E-state index contributed by atoms with van der Waals surface area (Å²) in [6.45, 7) is 9.02. The molecule has 0 aliphatic carbocycles. The minimum atomic E-state index is 0.0958. The second-order valence-corrected chi connectivity index (χ2v) is 9.61. The lowest BCUT2D eigenvalue weighted by atomic mass is 10.0. The van der Waals surface area contributed by atoms with Crippen LogP contribution in [0.3, 0.4) is 0 Å². The third-order valence-corrected chi connectivity index (χ3v) is 6.86. The van der Waals surface area contributed by atoms with Crippen molar-refractivity contribution in [3.8, 4) is 11.4 Å². The molecule has 0 N–H and O–H groups in total. The highest BCUT2D eigenvalue weighted by atomic mass is 16.2.